The minimum Gasteiger partial charge on any atom is -0.497 e. The van der Waals surface area contributed by atoms with Crippen LogP contribution in [0.4, 0.5) is 5.00 Å². The molecule has 1 atom stereocenters. The number of benzene rings is 1. The maximum Gasteiger partial charge on any atom is 0.260 e. The Morgan fingerprint density at radius 2 is 1.96 bits per heavy atom. The first-order chi connectivity index (χ1) is 13.0. The summed E-state index contributed by atoms with van der Waals surface area (Å²) in [6.45, 7) is 2.21. The highest BCUT2D eigenvalue weighted by atomic mass is 32.1. The topological polar surface area (TPSA) is 76.7 Å². The largest absolute Gasteiger partial charge is 0.497 e. The second-order valence-corrected chi connectivity index (χ2v) is 7.76. The van der Waals surface area contributed by atoms with Crippen molar-refractivity contribution in [1.82, 2.24) is 5.32 Å². The third-order valence-electron chi connectivity index (χ3n) is 4.85. The van der Waals surface area contributed by atoms with E-state index in [1.54, 1.807) is 32.4 Å². The van der Waals surface area contributed by atoms with Gasteiger partial charge in [-0.1, -0.05) is 6.92 Å². The zero-order valence-corrected chi connectivity index (χ0v) is 16.8. The number of ether oxygens (including phenoxy) is 2. The van der Waals surface area contributed by atoms with Crippen molar-refractivity contribution in [1.29, 1.82) is 0 Å². The molecule has 2 aromatic rings. The zero-order valence-electron chi connectivity index (χ0n) is 16.0. The maximum absolute atomic E-state index is 12.9. The van der Waals surface area contributed by atoms with Gasteiger partial charge in [0.25, 0.3) is 11.8 Å². The Morgan fingerprint density at radius 3 is 2.63 bits per heavy atom. The number of hydrogen-bond acceptors (Lipinski definition) is 5. The van der Waals surface area contributed by atoms with E-state index in [1.807, 2.05) is 0 Å². The first kappa shape index (κ1) is 19.2. The lowest BCUT2D eigenvalue weighted by Crippen LogP contribution is -2.22. The van der Waals surface area contributed by atoms with Gasteiger partial charge in [-0.2, -0.15) is 0 Å². The number of carbonyl (C=O) groups excluding carboxylic acids is 2. The Labute approximate surface area is 162 Å². The highest BCUT2D eigenvalue weighted by Crippen LogP contribution is 2.40. The lowest BCUT2D eigenvalue weighted by Gasteiger charge is -2.18. The summed E-state index contributed by atoms with van der Waals surface area (Å²) in [4.78, 5) is 26.5. The fourth-order valence-corrected chi connectivity index (χ4v) is 4.76. The van der Waals surface area contributed by atoms with Crippen LogP contribution in [-0.4, -0.2) is 33.1 Å². The van der Waals surface area contributed by atoms with Crippen molar-refractivity contribution in [3.8, 4) is 11.5 Å². The molecular weight excluding hydrogens is 364 g/mol. The molecule has 0 spiro atoms. The van der Waals surface area contributed by atoms with Gasteiger partial charge in [0.2, 0.25) is 0 Å². The summed E-state index contributed by atoms with van der Waals surface area (Å²) < 4.78 is 10.5. The number of carbonyl (C=O) groups is 2. The predicted molar refractivity (Wildman–Crippen MR) is 106 cm³/mol. The smallest absolute Gasteiger partial charge is 0.260 e. The van der Waals surface area contributed by atoms with Crippen LogP contribution in [0.5, 0.6) is 11.5 Å². The molecule has 7 heteroatoms. The fraction of sp³-hybridized carbons (Fsp3) is 0.400. The van der Waals surface area contributed by atoms with Crippen LogP contribution in [0, 0.1) is 5.92 Å². The lowest BCUT2D eigenvalue weighted by molar-refractivity contribution is 0.0963. The van der Waals surface area contributed by atoms with Gasteiger partial charge in [0.05, 0.1) is 25.3 Å². The molecule has 1 aliphatic carbocycles. The predicted octanol–water partition coefficient (Wildman–Crippen LogP) is 3.50. The van der Waals surface area contributed by atoms with E-state index >= 15 is 0 Å². The van der Waals surface area contributed by atoms with Crippen LogP contribution < -0.4 is 20.1 Å². The molecular formula is C20H24N2O4S. The van der Waals surface area contributed by atoms with Crippen LogP contribution in [0.15, 0.2) is 18.2 Å². The SMILES string of the molecule is CNC(=O)c1c(NC(=O)c2ccc(OC)cc2OC)sc2c1CCC(C)C2. The molecule has 1 aromatic heterocycles. The Hall–Kier alpha value is -2.54. The van der Waals surface area contributed by atoms with Crippen molar-refractivity contribution >= 4 is 28.2 Å². The number of nitrogens with one attached hydrogen (secondary N) is 2. The van der Waals surface area contributed by atoms with Gasteiger partial charge in [0.15, 0.2) is 0 Å². The zero-order chi connectivity index (χ0) is 19.6. The van der Waals surface area contributed by atoms with Crippen LogP contribution >= 0.6 is 11.3 Å². The number of anilines is 1. The molecule has 1 unspecified atom stereocenters. The van der Waals surface area contributed by atoms with Gasteiger partial charge < -0.3 is 20.1 Å². The molecule has 6 nitrogen and oxygen atoms in total. The van der Waals surface area contributed by atoms with Crippen molar-refractivity contribution in [2.45, 2.75) is 26.2 Å². The summed E-state index contributed by atoms with van der Waals surface area (Å²) in [5, 5.41) is 6.21. The molecule has 0 radical (unpaired) electrons. The van der Waals surface area contributed by atoms with Gasteiger partial charge in [-0.15, -0.1) is 11.3 Å². The van der Waals surface area contributed by atoms with E-state index in [0.29, 0.717) is 33.5 Å². The Morgan fingerprint density at radius 1 is 1.19 bits per heavy atom. The van der Waals surface area contributed by atoms with E-state index in [0.717, 1.165) is 24.8 Å². The summed E-state index contributed by atoms with van der Waals surface area (Å²) in [5.74, 6) is 1.13. The first-order valence-electron chi connectivity index (χ1n) is 8.88. The molecule has 27 heavy (non-hydrogen) atoms. The molecule has 1 heterocycles. The fourth-order valence-electron chi connectivity index (χ4n) is 3.36. The monoisotopic (exact) mass is 388 g/mol. The van der Waals surface area contributed by atoms with Crippen molar-refractivity contribution in [3.63, 3.8) is 0 Å². The molecule has 2 amide bonds. The third kappa shape index (κ3) is 3.78. The van der Waals surface area contributed by atoms with Crippen LogP contribution in [0.3, 0.4) is 0 Å². The molecule has 2 N–H and O–H groups in total. The molecule has 1 aromatic carbocycles. The van der Waals surface area contributed by atoms with Crippen molar-refractivity contribution < 1.29 is 19.1 Å². The van der Waals surface area contributed by atoms with E-state index in [4.69, 9.17) is 9.47 Å². The summed E-state index contributed by atoms with van der Waals surface area (Å²) in [6, 6.07) is 5.02. The number of rotatable bonds is 5. The van der Waals surface area contributed by atoms with E-state index in [1.165, 1.54) is 23.3 Å². The van der Waals surface area contributed by atoms with Crippen molar-refractivity contribution in [3.05, 3.63) is 39.8 Å². The van der Waals surface area contributed by atoms with Crippen LogP contribution in [-0.2, 0) is 12.8 Å². The van der Waals surface area contributed by atoms with E-state index < -0.39 is 0 Å². The van der Waals surface area contributed by atoms with E-state index in [-0.39, 0.29) is 11.8 Å². The number of thiophene rings is 1. The molecule has 0 saturated heterocycles. The second kappa shape index (κ2) is 8.00. The lowest BCUT2D eigenvalue weighted by atomic mass is 9.88. The van der Waals surface area contributed by atoms with Gasteiger partial charge in [-0.05, 0) is 42.9 Å². The van der Waals surface area contributed by atoms with E-state index in [2.05, 4.69) is 17.6 Å². The maximum atomic E-state index is 12.9. The number of methoxy groups -OCH3 is 2. The highest BCUT2D eigenvalue weighted by Gasteiger charge is 2.28. The first-order valence-corrected chi connectivity index (χ1v) is 9.70. The number of hydrogen-bond donors (Lipinski definition) is 2. The molecule has 1 aliphatic rings. The normalized spacial score (nSPS) is 15.6. The molecule has 144 valence electrons. The Kier molecular flexibility index (Phi) is 5.70. The van der Waals surface area contributed by atoms with Crippen LogP contribution in [0.25, 0.3) is 0 Å². The Bertz CT molecular complexity index is 875. The minimum absolute atomic E-state index is 0.168. The van der Waals surface area contributed by atoms with Crippen molar-refractivity contribution in [2.24, 2.45) is 5.92 Å². The quantitative estimate of drug-likeness (QED) is 0.822. The summed E-state index contributed by atoms with van der Waals surface area (Å²) >= 11 is 1.50. The molecule has 0 fully saturated rings. The van der Waals surface area contributed by atoms with Crippen molar-refractivity contribution in [2.75, 3.05) is 26.6 Å². The highest BCUT2D eigenvalue weighted by molar-refractivity contribution is 7.17. The van der Waals surface area contributed by atoms with Gasteiger partial charge in [-0.3, -0.25) is 9.59 Å². The average molecular weight is 388 g/mol. The summed E-state index contributed by atoms with van der Waals surface area (Å²) in [5.41, 5.74) is 2.04. The van der Waals surface area contributed by atoms with E-state index in [9.17, 15) is 9.59 Å². The van der Waals surface area contributed by atoms with Gasteiger partial charge in [0.1, 0.15) is 16.5 Å². The minimum atomic E-state index is -0.314. The van der Waals surface area contributed by atoms with Gasteiger partial charge >= 0.3 is 0 Å². The van der Waals surface area contributed by atoms with Crippen LogP contribution in [0.1, 0.15) is 44.5 Å². The molecule has 3 rings (SSSR count). The number of amides is 2. The number of fused-ring (bicyclic) bond motifs is 1. The third-order valence-corrected chi connectivity index (χ3v) is 6.02. The second-order valence-electron chi connectivity index (χ2n) is 6.66. The standard InChI is InChI=1S/C20H24N2O4S/c1-11-5-7-14-16(9-11)27-20(17(14)19(24)21-2)22-18(23)13-8-6-12(25-3)10-15(13)26-4/h6,8,10-11H,5,7,9H2,1-4H3,(H,21,24)(H,22,23). The van der Waals surface area contributed by atoms with Crippen LogP contribution in [0.2, 0.25) is 0 Å². The molecule has 0 aliphatic heterocycles. The summed E-state index contributed by atoms with van der Waals surface area (Å²) in [7, 11) is 4.67. The molecule has 0 saturated carbocycles. The summed E-state index contributed by atoms with van der Waals surface area (Å²) in [6.07, 6.45) is 2.84. The molecule has 0 bridgehead atoms. The van der Waals surface area contributed by atoms with Gasteiger partial charge in [0, 0.05) is 18.0 Å². The average Bonchev–Trinajstić information content (AvgIpc) is 3.03. The Balaban J connectivity index is 1.96. The van der Waals surface area contributed by atoms with Gasteiger partial charge in [-0.25, -0.2) is 0 Å².